The summed E-state index contributed by atoms with van der Waals surface area (Å²) in [6.07, 6.45) is 9.31. The monoisotopic (exact) mass is 219 g/mol. The van der Waals surface area contributed by atoms with Crippen LogP contribution in [0, 0.1) is 35.5 Å². The van der Waals surface area contributed by atoms with Gasteiger partial charge in [0.25, 0.3) is 0 Å². The van der Waals surface area contributed by atoms with E-state index in [4.69, 9.17) is 0 Å². The largest absolute Gasteiger partial charge is 0.313 e. The minimum Gasteiger partial charge on any atom is -0.313 e. The molecule has 1 heteroatoms. The van der Waals surface area contributed by atoms with E-state index < -0.39 is 0 Å². The lowest BCUT2D eigenvalue weighted by Crippen LogP contribution is -2.54. The molecule has 2 atom stereocenters. The van der Waals surface area contributed by atoms with Crippen LogP contribution in [0.15, 0.2) is 0 Å². The summed E-state index contributed by atoms with van der Waals surface area (Å²) in [5, 5.41) is 3.96. The van der Waals surface area contributed by atoms with Crippen molar-refractivity contribution >= 4 is 0 Å². The Morgan fingerprint density at radius 1 is 0.875 bits per heavy atom. The topological polar surface area (TPSA) is 12.0 Å². The molecule has 0 spiro atoms. The van der Waals surface area contributed by atoms with E-state index in [2.05, 4.69) is 12.2 Å². The van der Waals surface area contributed by atoms with Gasteiger partial charge in [-0.15, -0.1) is 0 Å². The van der Waals surface area contributed by atoms with Crippen LogP contribution in [0.2, 0.25) is 0 Å². The van der Waals surface area contributed by atoms with Crippen molar-refractivity contribution in [1.29, 1.82) is 0 Å². The smallest absolute Gasteiger partial charge is 0.0124 e. The van der Waals surface area contributed by atoms with Crippen molar-refractivity contribution in [1.82, 2.24) is 5.32 Å². The SMILES string of the molecule is CC1CC1CNC1C2CC3CC(C2)CC1C3. The number of hydrogen-bond donors (Lipinski definition) is 1. The Balaban J connectivity index is 1.40. The van der Waals surface area contributed by atoms with Crippen LogP contribution in [0.3, 0.4) is 0 Å². The molecule has 90 valence electrons. The van der Waals surface area contributed by atoms with Gasteiger partial charge in [0.05, 0.1) is 0 Å². The fourth-order valence-electron chi connectivity index (χ4n) is 5.23. The Bertz CT molecular complexity index is 257. The molecule has 1 nitrogen and oxygen atoms in total. The second-order valence-electron chi connectivity index (χ2n) is 7.34. The molecule has 0 saturated heterocycles. The van der Waals surface area contributed by atoms with E-state index in [1.54, 1.807) is 32.1 Å². The van der Waals surface area contributed by atoms with Crippen molar-refractivity contribution in [2.75, 3.05) is 6.54 Å². The molecule has 0 amide bonds. The molecule has 1 N–H and O–H groups in total. The standard InChI is InChI=1S/C15H25N/c1-9-2-14(9)8-16-15-12-4-10-3-11(6-12)7-13(15)5-10/h9-16H,2-8H2,1H3. The first-order chi connectivity index (χ1) is 7.79. The fraction of sp³-hybridized carbons (Fsp3) is 1.00. The molecule has 16 heavy (non-hydrogen) atoms. The van der Waals surface area contributed by atoms with Gasteiger partial charge in [0.2, 0.25) is 0 Å². The highest BCUT2D eigenvalue weighted by Crippen LogP contribution is 2.53. The first kappa shape index (κ1) is 9.94. The molecule has 0 aromatic rings. The molecule has 4 bridgehead atoms. The summed E-state index contributed by atoms with van der Waals surface area (Å²) in [7, 11) is 0. The molecule has 5 rings (SSSR count). The van der Waals surface area contributed by atoms with Gasteiger partial charge in [-0.3, -0.25) is 0 Å². The van der Waals surface area contributed by atoms with Crippen molar-refractivity contribution in [3.63, 3.8) is 0 Å². The zero-order valence-corrected chi connectivity index (χ0v) is 10.5. The summed E-state index contributed by atoms with van der Waals surface area (Å²) >= 11 is 0. The maximum atomic E-state index is 3.96. The molecule has 0 aliphatic heterocycles. The van der Waals surface area contributed by atoms with Crippen LogP contribution in [0.25, 0.3) is 0 Å². The van der Waals surface area contributed by atoms with Gasteiger partial charge in [0.15, 0.2) is 0 Å². The molecule has 5 aliphatic rings. The van der Waals surface area contributed by atoms with Crippen molar-refractivity contribution in [2.45, 2.75) is 51.5 Å². The van der Waals surface area contributed by atoms with E-state index in [1.165, 1.54) is 13.0 Å². The van der Waals surface area contributed by atoms with Gasteiger partial charge in [-0.25, -0.2) is 0 Å². The Hall–Kier alpha value is -0.0400. The highest BCUT2D eigenvalue weighted by atomic mass is 15.0. The molecule has 5 saturated carbocycles. The van der Waals surface area contributed by atoms with Crippen LogP contribution >= 0.6 is 0 Å². The maximum Gasteiger partial charge on any atom is 0.0124 e. The van der Waals surface area contributed by atoms with Gasteiger partial charge >= 0.3 is 0 Å². The number of rotatable bonds is 3. The van der Waals surface area contributed by atoms with Crippen LogP contribution in [0.1, 0.15) is 45.4 Å². The van der Waals surface area contributed by atoms with Gasteiger partial charge in [0, 0.05) is 6.04 Å². The highest BCUT2D eigenvalue weighted by molar-refractivity contribution is 5.02. The van der Waals surface area contributed by atoms with Gasteiger partial charge in [-0.05, 0) is 80.6 Å². The molecular weight excluding hydrogens is 194 g/mol. The van der Waals surface area contributed by atoms with Gasteiger partial charge in [0.1, 0.15) is 0 Å². The maximum absolute atomic E-state index is 3.96. The van der Waals surface area contributed by atoms with E-state index in [9.17, 15) is 0 Å². The molecule has 5 fully saturated rings. The summed E-state index contributed by atoms with van der Waals surface area (Å²) in [6, 6.07) is 0.917. The summed E-state index contributed by atoms with van der Waals surface area (Å²) in [4.78, 5) is 0. The zero-order chi connectivity index (χ0) is 10.7. The minimum absolute atomic E-state index is 0.917. The third-order valence-corrected chi connectivity index (χ3v) is 6.12. The van der Waals surface area contributed by atoms with Crippen LogP contribution in [-0.2, 0) is 0 Å². The summed E-state index contributed by atoms with van der Waals surface area (Å²) in [5.41, 5.74) is 0. The quantitative estimate of drug-likeness (QED) is 0.769. The van der Waals surface area contributed by atoms with E-state index in [0.717, 1.165) is 41.5 Å². The lowest BCUT2D eigenvalue weighted by atomic mass is 9.54. The van der Waals surface area contributed by atoms with Crippen molar-refractivity contribution in [3.8, 4) is 0 Å². The fourth-order valence-corrected chi connectivity index (χ4v) is 5.23. The Morgan fingerprint density at radius 3 is 1.94 bits per heavy atom. The first-order valence-electron chi connectivity index (χ1n) is 7.53. The average molecular weight is 219 g/mol. The lowest BCUT2D eigenvalue weighted by molar-refractivity contribution is -0.0139. The van der Waals surface area contributed by atoms with E-state index >= 15 is 0 Å². The van der Waals surface area contributed by atoms with Gasteiger partial charge in [-0.2, -0.15) is 0 Å². The van der Waals surface area contributed by atoms with Crippen LogP contribution in [-0.4, -0.2) is 12.6 Å². The van der Waals surface area contributed by atoms with E-state index in [-0.39, 0.29) is 0 Å². The Labute approximate surface area is 99.4 Å². The van der Waals surface area contributed by atoms with Gasteiger partial charge in [-0.1, -0.05) is 6.92 Å². The van der Waals surface area contributed by atoms with E-state index in [0.29, 0.717) is 0 Å². The second kappa shape index (κ2) is 3.48. The second-order valence-corrected chi connectivity index (χ2v) is 7.34. The number of nitrogens with one attached hydrogen (secondary N) is 1. The molecule has 0 radical (unpaired) electrons. The Kier molecular flexibility index (Phi) is 2.16. The predicted octanol–water partition coefficient (Wildman–Crippen LogP) is 3.06. The third-order valence-electron chi connectivity index (χ3n) is 6.12. The summed E-state index contributed by atoms with van der Waals surface area (Å²) in [5.74, 6) is 6.41. The summed E-state index contributed by atoms with van der Waals surface area (Å²) < 4.78 is 0. The molecule has 2 unspecified atom stereocenters. The van der Waals surface area contributed by atoms with Crippen LogP contribution in [0.4, 0.5) is 0 Å². The molecular formula is C15H25N. The molecule has 5 aliphatic carbocycles. The lowest BCUT2D eigenvalue weighted by Gasteiger charge is -2.54. The van der Waals surface area contributed by atoms with Gasteiger partial charge < -0.3 is 5.32 Å². The van der Waals surface area contributed by atoms with Crippen molar-refractivity contribution in [2.24, 2.45) is 35.5 Å². The molecule has 0 aromatic carbocycles. The predicted molar refractivity (Wildman–Crippen MR) is 66.1 cm³/mol. The minimum atomic E-state index is 0.917. The first-order valence-corrected chi connectivity index (χ1v) is 7.53. The van der Waals surface area contributed by atoms with Crippen molar-refractivity contribution < 1.29 is 0 Å². The Morgan fingerprint density at radius 2 is 1.44 bits per heavy atom. The average Bonchev–Trinajstić information content (AvgIpc) is 2.92. The summed E-state index contributed by atoms with van der Waals surface area (Å²) in [6.45, 7) is 3.73. The normalized spacial score (nSPS) is 57.9. The zero-order valence-electron chi connectivity index (χ0n) is 10.5. The molecule has 0 aromatic heterocycles. The van der Waals surface area contributed by atoms with E-state index in [1.807, 2.05) is 0 Å². The third kappa shape index (κ3) is 1.54. The number of hydrogen-bond acceptors (Lipinski definition) is 1. The van der Waals surface area contributed by atoms with Crippen LogP contribution < -0.4 is 5.32 Å². The van der Waals surface area contributed by atoms with Crippen LogP contribution in [0.5, 0.6) is 0 Å². The highest BCUT2D eigenvalue weighted by Gasteiger charge is 2.48. The molecule has 0 heterocycles. The van der Waals surface area contributed by atoms with Crippen molar-refractivity contribution in [3.05, 3.63) is 0 Å².